The molecule has 0 bridgehead atoms. The summed E-state index contributed by atoms with van der Waals surface area (Å²) in [5.41, 5.74) is 1.25. The second kappa shape index (κ2) is 10.2. The fraction of sp³-hybridized carbons (Fsp3) is 0.350. The number of rotatable bonds is 9. The summed E-state index contributed by atoms with van der Waals surface area (Å²) in [5.74, 6) is 1.71. The normalized spacial score (nSPS) is 10.7. The van der Waals surface area contributed by atoms with Gasteiger partial charge in [-0.25, -0.2) is 0 Å². The molecule has 5 nitrogen and oxygen atoms in total. The van der Waals surface area contributed by atoms with Gasteiger partial charge in [-0.1, -0.05) is 13.8 Å². The topological polar surface area (TPSA) is 56.8 Å². The second-order valence-corrected chi connectivity index (χ2v) is 7.02. The largest absolute Gasteiger partial charge is 0.492 e. The number of anilines is 1. The van der Waals surface area contributed by atoms with Crippen LogP contribution in [0.5, 0.6) is 11.5 Å². The summed E-state index contributed by atoms with van der Waals surface area (Å²) < 4.78 is 16.9. The minimum absolute atomic E-state index is 0.186. The zero-order valence-electron chi connectivity index (χ0n) is 15.3. The van der Waals surface area contributed by atoms with Crippen LogP contribution in [-0.2, 0) is 4.74 Å². The molecule has 0 atom stereocenters. The predicted octanol–water partition coefficient (Wildman–Crippen LogP) is 4.76. The Morgan fingerprint density at radius 1 is 1.08 bits per heavy atom. The van der Waals surface area contributed by atoms with Crippen LogP contribution >= 0.6 is 15.9 Å². The van der Waals surface area contributed by atoms with Crippen molar-refractivity contribution in [2.24, 2.45) is 5.92 Å². The maximum atomic E-state index is 12.4. The van der Waals surface area contributed by atoms with E-state index in [1.165, 1.54) is 0 Å². The van der Waals surface area contributed by atoms with Crippen LogP contribution in [-0.4, -0.2) is 32.8 Å². The molecule has 2 aromatic carbocycles. The molecule has 0 unspecified atom stereocenters. The first-order valence-electron chi connectivity index (χ1n) is 8.45. The molecule has 2 rings (SSSR count). The van der Waals surface area contributed by atoms with Crippen LogP contribution in [0.4, 0.5) is 5.69 Å². The third-order valence-corrected chi connectivity index (χ3v) is 4.05. The van der Waals surface area contributed by atoms with E-state index in [2.05, 4.69) is 35.1 Å². The SMILES string of the molecule is COCCOc1ccc(NC(=O)c2ccc(OCC(C)C)c(Br)c2)cc1. The summed E-state index contributed by atoms with van der Waals surface area (Å²) in [6.07, 6.45) is 0. The first-order valence-corrected chi connectivity index (χ1v) is 9.24. The molecule has 0 aromatic heterocycles. The van der Waals surface area contributed by atoms with Crippen molar-refractivity contribution in [2.75, 3.05) is 32.2 Å². The lowest BCUT2D eigenvalue weighted by atomic mass is 10.2. The first-order chi connectivity index (χ1) is 12.5. The van der Waals surface area contributed by atoms with E-state index in [1.807, 2.05) is 12.1 Å². The summed E-state index contributed by atoms with van der Waals surface area (Å²) in [6, 6.07) is 12.5. The number of hydrogen-bond acceptors (Lipinski definition) is 4. The van der Waals surface area contributed by atoms with Gasteiger partial charge >= 0.3 is 0 Å². The Kier molecular flexibility index (Phi) is 7.94. The Bertz CT molecular complexity index is 716. The van der Waals surface area contributed by atoms with Gasteiger partial charge in [0.25, 0.3) is 5.91 Å². The highest BCUT2D eigenvalue weighted by atomic mass is 79.9. The Balaban J connectivity index is 1.95. The van der Waals surface area contributed by atoms with Gasteiger partial charge in [0.05, 0.1) is 17.7 Å². The standard InChI is InChI=1S/C20H24BrNO4/c1-14(2)13-26-19-9-4-15(12-18(19)21)20(23)22-16-5-7-17(8-6-16)25-11-10-24-3/h4-9,12,14H,10-11,13H2,1-3H3,(H,22,23). The zero-order chi connectivity index (χ0) is 18.9. The molecule has 0 aliphatic rings. The van der Waals surface area contributed by atoms with E-state index in [-0.39, 0.29) is 5.91 Å². The number of benzene rings is 2. The molecule has 0 fully saturated rings. The highest BCUT2D eigenvalue weighted by Gasteiger charge is 2.10. The van der Waals surface area contributed by atoms with Gasteiger partial charge in [0, 0.05) is 18.4 Å². The second-order valence-electron chi connectivity index (χ2n) is 6.17. The van der Waals surface area contributed by atoms with Crippen LogP contribution in [0.2, 0.25) is 0 Å². The Hall–Kier alpha value is -2.05. The molecule has 0 aliphatic carbocycles. The van der Waals surface area contributed by atoms with E-state index in [4.69, 9.17) is 14.2 Å². The highest BCUT2D eigenvalue weighted by molar-refractivity contribution is 9.10. The molecule has 26 heavy (non-hydrogen) atoms. The van der Waals surface area contributed by atoms with E-state index in [1.54, 1.807) is 37.4 Å². The highest BCUT2D eigenvalue weighted by Crippen LogP contribution is 2.27. The molecule has 1 N–H and O–H groups in total. The van der Waals surface area contributed by atoms with Gasteiger partial charge < -0.3 is 19.5 Å². The minimum atomic E-state index is -0.186. The van der Waals surface area contributed by atoms with E-state index in [0.29, 0.717) is 37.0 Å². The molecule has 140 valence electrons. The number of methoxy groups -OCH3 is 1. The number of ether oxygens (including phenoxy) is 3. The summed E-state index contributed by atoms with van der Waals surface area (Å²) in [6.45, 7) is 5.82. The fourth-order valence-corrected chi connectivity index (χ4v) is 2.59. The number of carbonyl (C=O) groups excluding carboxylic acids is 1. The predicted molar refractivity (Wildman–Crippen MR) is 106 cm³/mol. The summed E-state index contributed by atoms with van der Waals surface area (Å²) in [4.78, 5) is 12.4. The maximum absolute atomic E-state index is 12.4. The Labute approximate surface area is 162 Å². The van der Waals surface area contributed by atoms with Gasteiger partial charge in [0.1, 0.15) is 18.1 Å². The molecule has 1 amide bonds. The molecule has 0 saturated heterocycles. The number of nitrogens with one attached hydrogen (secondary N) is 1. The van der Waals surface area contributed by atoms with Crippen LogP contribution in [0.25, 0.3) is 0 Å². The van der Waals surface area contributed by atoms with Gasteiger partial charge in [0.2, 0.25) is 0 Å². The molecule has 0 spiro atoms. The first kappa shape index (κ1) is 20.3. The van der Waals surface area contributed by atoms with E-state index >= 15 is 0 Å². The molecule has 0 saturated carbocycles. The van der Waals surface area contributed by atoms with Crippen LogP contribution in [0, 0.1) is 5.92 Å². The lowest BCUT2D eigenvalue weighted by molar-refractivity contribution is 0.102. The summed E-state index contributed by atoms with van der Waals surface area (Å²) in [7, 11) is 1.63. The Morgan fingerprint density at radius 3 is 2.42 bits per heavy atom. The number of halogens is 1. The number of amides is 1. The monoisotopic (exact) mass is 421 g/mol. The molecular weight excluding hydrogens is 398 g/mol. The van der Waals surface area contributed by atoms with Crippen molar-refractivity contribution in [1.82, 2.24) is 0 Å². The van der Waals surface area contributed by atoms with Crippen LogP contribution in [0.3, 0.4) is 0 Å². The summed E-state index contributed by atoms with van der Waals surface area (Å²) >= 11 is 3.46. The van der Waals surface area contributed by atoms with Crippen LogP contribution in [0.15, 0.2) is 46.9 Å². The molecule has 6 heteroatoms. The molecule has 0 radical (unpaired) electrons. The van der Waals surface area contributed by atoms with E-state index < -0.39 is 0 Å². The third-order valence-electron chi connectivity index (χ3n) is 3.43. The zero-order valence-corrected chi connectivity index (χ0v) is 16.8. The van der Waals surface area contributed by atoms with Crippen molar-refractivity contribution in [3.05, 3.63) is 52.5 Å². The third kappa shape index (κ3) is 6.35. The van der Waals surface area contributed by atoms with Gasteiger partial charge in [-0.2, -0.15) is 0 Å². The van der Waals surface area contributed by atoms with Gasteiger partial charge in [-0.05, 0) is 64.3 Å². The average molecular weight is 422 g/mol. The molecular formula is C20H24BrNO4. The van der Waals surface area contributed by atoms with E-state index in [0.717, 1.165) is 16.0 Å². The van der Waals surface area contributed by atoms with Gasteiger partial charge in [-0.3, -0.25) is 4.79 Å². The van der Waals surface area contributed by atoms with Crippen molar-refractivity contribution in [3.8, 4) is 11.5 Å². The van der Waals surface area contributed by atoms with Crippen molar-refractivity contribution in [2.45, 2.75) is 13.8 Å². The quantitative estimate of drug-likeness (QED) is 0.592. The van der Waals surface area contributed by atoms with Gasteiger partial charge in [0.15, 0.2) is 0 Å². The number of hydrogen-bond donors (Lipinski definition) is 1. The van der Waals surface area contributed by atoms with Gasteiger partial charge in [-0.15, -0.1) is 0 Å². The molecule has 2 aromatic rings. The van der Waals surface area contributed by atoms with Crippen molar-refractivity contribution in [1.29, 1.82) is 0 Å². The van der Waals surface area contributed by atoms with E-state index in [9.17, 15) is 4.79 Å². The number of carbonyl (C=O) groups is 1. The smallest absolute Gasteiger partial charge is 0.255 e. The van der Waals surface area contributed by atoms with Crippen LogP contribution < -0.4 is 14.8 Å². The van der Waals surface area contributed by atoms with Crippen LogP contribution in [0.1, 0.15) is 24.2 Å². The Morgan fingerprint density at radius 2 is 1.81 bits per heavy atom. The molecule has 0 heterocycles. The lowest BCUT2D eigenvalue weighted by Gasteiger charge is -2.12. The lowest BCUT2D eigenvalue weighted by Crippen LogP contribution is -2.12. The fourth-order valence-electron chi connectivity index (χ4n) is 2.10. The average Bonchev–Trinajstić information content (AvgIpc) is 2.62. The van der Waals surface area contributed by atoms with Crippen molar-refractivity contribution >= 4 is 27.5 Å². The summed E-state index contributed by atoms with van der Waals surface area (Å²) in [5, 5.41) is 2.87. The minimum Gasteiger partial charge on any atom is -0.492 e. The van der Waals surface area contributed by atoms with Crippen molar-refractivity contribution in [3.63, 3.8) is 0 Å². The van der Waals surface area contributed by atoms with Crippen molar-refractivity contribution < 1.29 is 19.0 Å². The molecule has 0 aliphatic heterocycles. The maximum Gasteiger partial charge on any atom is 0.255 e.